The van der Waals surface area contributed by atoms with Gasteiger partial charge in [-0.25, -0.2) is 4.79 Å². The average Bonchev–Trinajstić information content (AvgIpc) is 2.66. The maximum atomic E-state index is 11.6. The van der Waals surface area contributed by atoms with Gasteiger partial charge in [0.15, 0.2) is 5.75 Å². The van der Waals surface area contributed by atoms with E-state index in [0.717, 1.165) is 5.56 Å². The predicted octanol–water partition coefficient (Wildman–Crippen LogP) is 3.81. The summed E-state index contributed by atoms with van der Waals surface area (Å²) < 4.78 is 10.8. The lowest BCUT2D eigenvalue weighted by molar-refractivity contribution is -0.385. The summed E-state index contributed by atoms with van der Waals surface area (Å²) in [5.41, 5.74) is 0.943. The molecule has 2 aromatic rings. The molecule has 1 atom stereocenters. The van der Waals surface area contributed by atoms with Gasteiger partial charge >= 0.3 is 11.8 Å². The van der Waals surface area contributed by atoms with Crippen LogP contribution in [0.2, 0.25) is 0 Å². The SMILES string of the molecule is CNC(CCOc1ccccc1[N+](=O)[O-])c1ccc(OC(=O)N(C)C)cc1.Cl. The average molecular weight is 410 g/mol. The molecule has 0 radical (unpaired) electrons. The van der Waals surface area contributed by atoms with E-state index in [9.17, 15) is 14.9 Å². The van der Waals surface area contributed by atoms with Gasteiger partial charge in [-0.2, -0.15) is 0 Å². The van der Waals surface area contributed by atoms with Crippen LogP contribution in [0.25, 0.3) is 0 Å². The van der Waals surface area contributed by atoms with Gasteiger partial charge < -0.3 is 19.7 Å². The molecule has 8 nitrogen and oxygen atoms in total. The first kappa shape index (κ1) is 23.2. The van der Waals surface area contributed by atoms with Crippen molar-refractivity contribution in [1.82, 2.24) is 10.2 Å². The highest BCUT2D eigenvalue weighted by Crippen LogP contribution is 2.27. The lowest BCUT2D eigenvalue weighted by Crippen LogP contribution is -2.25. The van der Waals surface area contributed by atoms with Crippen molar-refractivity contribution in [2.24, 2.45) is 0 Å². The Morgan fingerprint density at radius 2 is 1.82 bits per heavy atom. The minimum Gasteiger partial charge on any atom is -0.487 e. The minimum absolute atomic E-state index is 0. The molecular formula is C19H24ClN3O5. The van der Waals surface area contributed by atoms with Crippen LogP contribution in [-0.4, -0.2) is 43.7 Å². The van der Waals surface area contributed by atoms with Crippen molar-refractivity contribution in [2.45, 2.75) is 12.5 Å². The Balaban J connectivity index is 0.00000392. The second-order valence-corrected chi connectivity index (χ2v) is 6.03. The molecule has 1 unspecified atom stereocenters. The van der Waals surface area contributed by atoms with Gasteiger partial charge in [0.05, 0.1) is 11.5 Å². The molecule has 0 aliphatic heterocycles. The second-order valence-electron chi connectivity index (χ2n) is 6.03. The third kappa shape index (κ3) is 6.40. The minimum atomic E-state index is -0.460. The number of nitro benzene ring substituents is 1. The quantitative estimate of drug-likeness (QED) is 0.526. The van der Waals surface area contributed by atoms with E-state index in [1.807, 2.05) is 19.2 Å². The predicted molar refractivity (Wildman–Crippen MR) is 108 cm³/mol. The van der Waals surface area contributed by atoms with Crippen molar-refractivity contribution in [2.75, 3.05) is 27.7 Å². The molecule has 0 aromatic heterocycles. The summed E-state index contributed by atoms with van der Waals surface area (Å²) in [7, 11) is 5.06. The maximum Gasteiger partial charge on any atom is 0.414 e. The molecule has 0 fully saturated rings. The van der Waals surface area contributed by atoms with Gasteiger partial charge in [0, 0.05) is 32.6 Å². The normalized spacial score (nSPS) is 11.1. The fourth-order valence-corrected chi connectivity index (χ4v) is 2.45. The lowest BCUT2D eigenvalue weighted by atomic mass is 10.0. The number of nitrogens with one attached hydrogen (secondary N) is 1. The number of benzene rings is 2. The van der Waals surface area contributed by atoms with Crippen LogP contribution in [0.1, 0.15) is 18.0 Å². The number of nitro groups is 1. The Morgan fingerprint density at radius 1 is 1.18 bits per heavy atom. The Kier molecular flexibility index (Phi) is 9.20. The molecule has 152 valence electrons. The van der Waals surface area contributed by atoms with E-state index in [1.54, 1.807) is 44.4 Å². The molecule has 1 N–H and O–H groups in total. The van der Waals surface area contributed by atoms with Crippen LogP contribution in [0.3, 0.4) is 0 Å². The first-order chi connectivity index (χ1) is 12.9. The van der Waals surface area contributed by atoms with Gasteiger partial charge in [-0.05, 0) is 30.8 Å². The van der Waals surface area contributed by atoms with Gasteiger partial charge in [0.25, 0.3) is 0 Å². The molecule has 0 aliphatic rings. The molecule has 2 rings (SSSR count). The summed E-state index contributed by atoms with van der Waals surface area (Å²) in [5.74, 6) is 0.715. The molecule has 28 heavy (non-hydrogen) atoms. The molecule has 9 heteroatoms. The van der Waals surface area contributed by atoms with E-state index in [1.165, 1.54) is 11.0 Å². The van der Waals surface area contributed by atoms with Crippen LogP contribution in [-0.2, 0) is 0 Å². The largest absolute Gasteiger partial charge is 0.487 e. The number of amides is 1. The summed E-state index contributed by atoms with van der Waals surface area (Å²) in [6.07, 6.45) is 0.171. The van der Waals surface area contributed by atoms with Crippen molar-refractivity contribution >= 4 is 24.2 Å². The van der Waals surface area contributed by atoms with Crippen LogP contribution >= 0.6 is 12.4 Å². The van der Waals surface area contributed by atoms with E-state index in [4.69, 9.17) is 9.47 Å². The van der Waals surface area contributed by atoms with Crippen molar-refractivity contribution in [3.05, 3.63) is 64.2 Å². The number of carbonyl (C=O) groups excluding carboxylic acids is 1. The number of ether oxygens (including phenoxy) is 2. The molecule has 0 bridgehead atoms. The summed E-state index contributed by atoms with van der Waals surface area (Å²) in [6.45, 7) is 0.313. The molecular weight excluding hydrogens is 386 g/mol. The van der Waals surface area contributed by atoms with E-state index in [-0.39, 0.29) is 29.9 Å². The van der Waals surface area contributed by atoms with E-state index >= 15 is 0 Å². The first-order valence-electron chi connectivity index (χ1n) is 8.45. The van der Waals surface area contributed by atoms with Crippen LogP contribution in [0.5, 0.6) is 11.5 Å². The van der Waals surface area contributed by atoms with Gasteiger partial charge in [0.1, 0.15) is 5.75 Å². The van der Waals surface area contributed by atoms with Gasteiger partial charge in [-0.1, -0.05) is 24.3 Å². The summed E-state index contributed by atoms with van der Waals surface area (Å²) >= 11 is 0. The smallest absolute Gasteiger partial charge is 0.414 e. The Hall–Kier alpha value is -2.84. The van der Waals surface area contributed by atoms with Gasteiger partial charge in [-0.3, -0.25) is 10.1 Å². The number of para-hydroxylation sites is 2. The molecule has 1 amide bonds. The molecule has 0 saturated carbocycles. The summed E-state index contributed by atoms with van der Waals surface area (Å²) in [4.78, 5) is 23.5. The molecule has 2 aromatic carbocycles. The van der Waals surface area contributed by atoms with Crippen molar-refractivity contribution < 1.29 is 19.2 Å². The fraction of sp³-hybridized carbons (Fsp3) is 0.316. The highest BCUT2D eigenvalue weighted by Gasteiger charge is 2.15. The van der Waals surface area contributed by atoms with Crippen molar-refractivity contribution in [3.63, 3.8) is 0 Å². The zero-order valence-corrected chi connectivity index (χ0v) is 16.8. The van der Waals surface area contributed by atoms with Crippen LogP contribution in [0.4, 0.5) is 10.5 Å². The zero-order chi connectivity index (χ0) is 19.8. The standard InChI is InChI=1S/C19H23N3O5.ClH/c1-20-16(12-13-26-18-7-5-4-6-17(18)22(24)25)14-8-10-15(11-9-14)27-19(23)21(2)3;/h4-11,16,20H,12-13H2,1-3H3;1H. The zero-order valence-electron chi connectivity index (χ0n) is 16.0. The van der Waals surface area contributed by atoms with E-state index < -0.39 is 11.0 Å². The third-order valence-corrected chi connectivity index (χ3v) is 3.93. The van der Waals surface area contributed by atoms with Crippen molar-refractivity contribution in [1.29, 1.82) is 0 Å². The Labute approximate surface area is 170 Å². The van der Waals surface area contributed by atoms with E-state index in [2.05, 4.69) is 5.32 Å². The summed E-state index contributed by atoms with van der Waals surface area (Å²) in [5, 5.41) is 14.2. The Bertz CT molecular complexity index is 783. The number of halogens is 1. The summed E-state index contributed by atoms with van der Waals surface area (Å²) in [6, 6.07) is 13.5. The van der Waals surface area contributed by atoms with Gasteiger partial charge in [0.2, 0.25) is 0 Å². The van der Waals surface area contributed by atoms with Crippen molar-refractivity contribution in [3.8, 4) is 11.5 Å². The highest BCUT2D eigenvalue weighted by molar-refractivity contribution is 5.85. The number of hydrogen-bond donors (Lipinski definition) is 1. The monoisotopic (exact) mass is 409 g/mol. The molecule has 0 saturated heterocycles. The lowest BCUT2D eigenvalue weighted by Gasteiger charge is -2.18. The number of nitrogens with zero attached hydrogens (tertiary/aromatic N) is 2. The second kappa shape index (κ2) is 11.1. The number of rotatable bonds is 8. The maximum absolute atomic E-state index is 11.6. The number of hydrogen-bond acceptors (Lipinski definition) is 6. The molecule has 0 heterocycles. The highest BCUT2D eigenvalue weighted by atomic mass is 35.5. The van der Waals surface area contributed by atoms with E-state index in [0.29, 0.717) is 18.8 Å². The number of carbonyl (C=O) groups is 1. The van der Waals surface area contributed by atoms with Crippen LogP contribution < -0.4 is 14.8 Å². The first-order valence-corrected chi connectivity index (χ1v) is 8.45. The third-order valence-electron chi connectivity index (χ3n) is 3.93. The molecule has 0 spiro atoms. The van der Waals surface area contributed by atoms with Crippen LogP contribution in [0.15, 0.2) is 48.5 Å². The topological polar surface area (TPSA) is 93.9 Å². The van der Waals surface area contributed by atoms with Gasteiger partial charge in [-0.15, -0.1) is 12.4 Å². The van der Waals surface area contributed by atoms with Crippen LogP contribution in [0, 0.1) is 10.1 Å². The molecule has 0 aliphatic carbocycles. The fourth-order valence-electron chi connectivity index (χ4n) is 2.45. The Morgan fingerprint density at radius 3 is 2.39 bits per heavy atom.